The van der Waals surface area contributed by atoms with Crippen LogP contribution in [0.5, 0.6) is 11.5 Å². The van der Waals surface area contributed by atoms with Crippen molar-refractivity contribution >= 4 is 5.78 Å². The summed E-state index contributed by atoms with van der Waals surface area (Å²) in [5.41, 5.74) is 3.03. The first-order chi connectivity index (χ1) is 14.8. The van der Waals surface area contributed by atoms with Crippen molar-refractivity contribution in [2.45, 2.75) is 91.8 Å². The monoisotopic (exact) mass is 444 g/mol. The van der Waals surface area contributed by atoms with Crippen LogP contribution in [0, 0.1) is 6.92 Å². The highest BCUT2D eigenvalue weighted by Crippen LogP contribution is 2.30. The van der Waals surface area contributed by atoms with Crippen LogP contribution >= 0.6 is 0 Å². The number of aliphatic hydroxyl groups is 2. The van der Waals surface area contributed by atoms with Crippen molar-refractivity contribution in [1.29, 1.82) is 0 Å². The molecule has 178 valence electrons. The first-order valence-electron chi connectivity index (χ1n) is 11.3. The van der Waals surface area contributed by atoms with Gasteiger partial charge in [-0.25, -0.2) is 0 Å². The zero-order valence-corrected chi connectivity index (χ0v) is 20.4. The Balaban J connectivity index is 2.50. The molecule has 1 aromatic carbocycles. The number of carbonyl (C=O) groups is 1. The zero-order chi connectivity index (χ0) is 24.5. The maximum atomic E-state index is 12.1. The molecule has 1 rings (SSSR count). The van der Waals surface area contributed by atoms with Crippen LogP contribution in [0.15, 0.2) is 47.1 Å². The molecular formula is C27H40O5. The molecule has 2 atom stereocenters. The van der Waals surface area contributed by atoms with Crippen LogP contribution in [0.4, 0.5) is 0 Å². The molecule has 1 aromatic rings. The summed E-state index contributed by atoms with van der Waals surface area (Å²) < 4.78 is 0. The molecule has 0 aliphatic heterocycles. The smallest absolute Gasteiger partial charge is 0.190 e. The van der Waals surface area contributed by atoms with Gasteiger partial charge in [-0.15, -0.1) is 0 Å². The van der Waals surface area contributed by atoms with Crippen molar-refractivity contribution in [2.75, 3.05) is 0 Å². The standard InChI is InChI=1S/C27H40O5/c1-18(2)15-24(29)26(31)20(4)11-7-9-19(3)10-8-13-27(6,32)14-12-22-17-23(28)16-21(5)25(22)30/h10-11,15-17,24,28-30,32H,7-9,12-14H2,1-6H3/t24-,27+/m0/s1. The molecule has 5 nitrogen and oxygen atoms in total. The molecule has 0 aliphatic rings. The predicted molar refractivity (Wildman–Crippen MR) is 130 cm³/mol. The molecule has 0 unspecified atom stereocenters. The van der Waals surface area contributed by atoms with Crippen LogP contribution in [0.25, 0.3) is 0 Å². The molecule has 5 heteroatoms. The van der Waals surface area contributed by atoms with E-state index in [9.17, 15) is 25.2 Å². The predicted octanol–water partition coefficient (Wildman–Crippen LogP) is 5.44. The molecule has 0 amide bonds. The van der Waals surface area contributed by atoms with Crippen LogP contribution in [0.2, 0.25) is 0 Å². The molecule has 0 saturated heterocycles. The van der Waals surface area contributed by atoms with Crippen LogP contribution in [0.1, 0.15) is 77.8 Å². The highest BCUT2D eigenvalue weighted by molar-refractivity contribution is 5.99. The Kier molecular flexibility index (Phi) is 10.9. The maximum Gasteiger partial charge on any atom is 0.190 e. The summed E-state index contributed by atoms with van der Waals surface area (Å²) in [5.74, 6) is 0.0207. The van der Waals surface area contributed by atoms with Crippen LogP contribution in [0.3, 0.4) is 0 Å². The zero-order valence-electron chi connectivity index (χ0n) is 20.4. The molecular weight excluding hydrogens is 404 g/mol. The normalized spacial score (nSPS) is 15.2. The number of allylic oxidation sites excluding steroid dienone is 4. The van der Waals surface area contributed by atoms with Gasteiger partial charge in [0, 0.05) is 0 Å². The van der Waals surface area contributed by atoms with E-state index in [0.29, 0.717) is 42.4 Å². The summed E-state index contributed by atoms with van der Waals surface area (Å²) in [6.07, 6.45) is 8.24. The second-order valence-electron chi connectivity index (χ2n) is 9.34. The third-order valence-electron chi connectivity index (χ3n) is 5.61. The van der Waals surface area contributed by atoms with Gasteiger partial charge >= 0.3 is 0 Å². The lowest BCUT2D eigenvalue weighted by Gasteiger charge is -2.23. The highest BCUT2D eigenvalue weighted by Gasteiger charge is 2.20. The first kappa shape index (κ1) is 27.7. The van der Waals surface area contributed by atoms with Crippen molar-refractivity contribution in [3.63, 3.8) is 0 Å². The van der Waals surface area contributed by atoms with Gasteiger partial charge in [0.15, 0.2) is 5.78 Å². The van der Waals surface area contributed by atoms with E-state index in [4.69, 9.17) is 0 Å². The van der Waals surface area contributed by atoms with Crippen molar-refractivity contribution in [3.05, 3.63) is 58.2 Å². The molecule has 0 fully saturated rings. The Morgan fingerprint density at radius 3 is 2.34 bits per heavy atom. The van der Waals surface area contributed by atoms with Gasteiger partial charge in [0.1, 0.15) is 17.6 Å². The van der Waals surface area contributed by atoms with E-state index in [1.54, 1.807) is 32.9 Å². The number of phenols is 2. The third-order valence-corrected chi connectivity index (χ3v) is 5.61. The summed E-state index contributed by atoms with van der Waals surface area (Å²) in [4.78, 5) is 12.1. The number of hydrogen-bond donors (Lipinski definition) is 4. The molecule has 0 saturated carbocycles. The quantitative estimate of drug-likeness (QED) is 0.195. The Morgan fingerprint density at radius 1 is 1.06 bits per heavy atom. The van der Waals surface area contributed by atoms with Crippen LogP contribution in [-0.2, 0) is 11.2 Å². The fourth-order valence-electron chi connectivity index (χ4n) is 3.52. The van der Waals surface area contributed by atoms with Crippen molar-refractivity contribution in [1.82, 2.24) is 0 Å². The first-order valence-corrected chi connectivity index (χ1v) is 11.3. The Labute approximate surface area is 192 Å². The molecule has 0 aromatic heterocycles. The SMILES string of the molecule is CC(C)=C[C@H](O)C(=O)C(C)=CCCC(C)=CCC[C@@](C)(O)CCc1cc(O)cc(C)c1O. The fourth-order valence-corrected chi connectivity index (χ4v) is 3.52. The average Bonchev–Trinajstić information content (AvgIpc) is 2.68. The van der Waals surface area contributed by atoms with E-state index in [2.05, 4.69) is 6.08 Å². The Bertz CT molecular complexity index is 870. The van der Waals surface area contributed by atoms with Crippen LogP contribution < -0.4 is 0 Å². The van der Waals surface area contributed by atoms with Gasteiger partial charge in [0.05, 0.1) is 5.60 Å². The van der Waals surface area contributed by atoms with E-state index in [1.807, 2.05) is 26.8 Å². The molecule has 0 bridgehead atoms. The number of ketones is 1. The average molecular weight is 445 g/mol. The number of Topliss-reactive ketones (excluding diaryl/α,β-unsaturated/α-hetero) is 1. The molecule has 0 radical (unpaired) electrons. The van der Waals surface area contributed by atoms with Gasteiger partial charge in [-0.1, -0.05) is 23.3 Å². The summed E-state index contributed by atoms with van der Waals surface area (Å²) in [6.45, 7) is 11.0. The van der Waals surface area contributed by atoms with Gasteiger partial charge in [0.25, 0.3) is 0 Å². The molecule has 0 aliphatic carbocycles. The van der Waals surface area contributed by atoms with E-state index in [0.717, 1.165) is 18.4 Å². The minimum atomic E-state index is -1.08. The van der Waals surface area contributed by atoms with Gasteiger partial charge in [-0.3, -0.25) is 4.79 Å². The summed E-state index contributed by atoms with van der Waals surface area (Å²) in [7, 11) is 0. The lowest BCUT2D eigenvalue weighted by Crippen LogP contribution is -2.24. The largest absolute Gasteiger partial charge is 0.508 e. The number of carbonyl (C=O) groups excluding carboxylic acids is 1. The number of hydrogen-bond acceptors (Lipinski definition) is 5. The van der Waals surface area contributed by atoms with Gasteiger partial charge in [-0.05, 0) is 115 Å². The number of aliphatic hydroxyl groups excluding tert-OH is 1. The topological polar surface area (TPSA) is 98.0 Å². The van der Waals surface area contributed by atoms with Crippen molar-refractivity contribution in [2.24, 2.45) is 0 Å². The van der Waals surface area contributed by atoms with Crippen molar-refractivity contribution < 1.29 is 25.2 Å². The second-order valence-corrected chi connectivity index (χ2v) is 9.34. The molecule has 4 N–H and O–H groups in total. The van der Waals surface area contributed by atoms with E-state index >= 15 is 0 Å². The van der Waals surface area contributed by atoms with E-state index < -0.39 is 11.7 Å². The minimum Gasteiger partial charge on any atom is -0.508 e. The summed E-state index contributed by atoms with van der Waals surface area (Å²) >= 11 is 0. The highest BCUT2D eigenvalue weighted by atomic mass is 16.3. The fraction of sp³-hybridized carbons (Fsp3) is 0.519. The van der Waals surface area contributed by atoms with Gasteiger partial charge < -0.3 is 20.4 Å². The van der Waals surface area contributed by atoms with Gasteiger partial charge in [0.2, 0.25) is 0 Å². The second kappa shape index (κ2) is 12.6. The number of rotatable bonds is 12. The summed E-state index contributed by atoms with van der Waals surface area (Å²) in [5, 5.41) is 40.5. The Hall–Kier alpha value is -2.37. The molecule has 32 heavy (non-hydrogen) atoms. The number of aromatic hydroxyl groups is 2. The van der Waals surface area contributed by atoms with E-state index in [-0.39, 0.29) is 17.3 Å². The van der Waals surface area contributed by atoms with Crippen molar-refractivity contribution in [3.8, 4) is 11.5 Å². The number of benzene rings is 1. The van der Waals surface area contributed by atoms with Crippen LogP contribution in [-0.4, -0.2) is 37.9 Å². The molecule has 0 spiro atoms. The Morgan fingerprint density at radius 2 is 1.72 bits per heavy atom. The maximum absolute atomic E-state index is 12.1. The minimum absolute atomic E-state index is 0.117. The van der Waals surface area contributed by atoms with E-state index in [1.165, 1.54) is 11.6 Å². The lowest BCUT2D eigenvalue weighted by atomic mass is 9.91. The number of phenolic OH excluding ortho intramolecular Hbond substituents is 2. The molecule has 0 heterocycles. The van der Waals surface area contributed by atoms with Gasteiger partial charge in [-0.2, -0.15) is 0 Å². The summed E-state index contributed by atoms with van der Waals surface area (Å²) in [6, 6.07) is 3.06. The number of aryl methyl sites for hydroxylation is 2. The third kappa shape index (κ3) is 9.84. The lowest BCUT2D eigenvalue weighted by molar-refractivity contribution is -0.121.